The van der Waals surface area contributed by atoms with Crippen LogP contribution in [0.15, 0.2) is 47.1 Å². The SMILES string of the molecule is CC(NC(=O)c1ccco1)C(=O)NNC(=O)COc1ccc(C#N)cc1. The van der Waals surface area contributed by atoms with Gasteiger partial charge in [0.15, 0.2) is 12.4 Å². The lowest BCUT2D eigenvalue weighted by Crippen LogP contribution is -2.51. The number of hydrazine groups is 1. The second kappa shape index (κ2) is 8.89. The molecule has 0 aliphatic rings. The molecule has 0 spiro atoms. The molecule has 2 rings (SSSR count). The molecule has 0 radical (unpaired) electrons. The maximum atomic E-state index is 11.9. The number of carbonyl (C=O) groups is 3. The van der Waals surface area contributed by atoms with Crippen molar-refractivity contribution in [2.24, 2.45) is 0 Å². The summed E-state index contributed by atoms with van der Waals surface area (Å²) in [5, 5.41) is 11.1. The third-order valence-corrected chi connectivity index (χ3v) is 3.16. The Kier molecular flexibility index (Phi) is 6.34. The number of benzene rings is 1. The van der Waals surface area contributed by atoms with Gasteiger partial charge in [-0.25, -0.2) is 0 Å². The van der Waals surface area contributed by atoms with E-state index < -0.39 is 23.8 Å². The van der Waals surface area contributed by atoms with Gasteiger partial charge in [0, 0.05) is 0 Å². The van der Waals surface area contributed by atoms with E-state index in [4.69, 9.17) is 14.4 Å². The topological polar surface area (TPSA) is 133 Å². The van der Waals surface area contributed by atoms with Gasteiger partial charge >= 0.3 is 0 Å². The van der Waals surface area contributed by atoms with Crippen LogP contribution in [0.25, 0.3) is 0 Å². The normalized spacial score (nSPS) is 10.9. The first-order valence-electron chi connectivity index (χ1n) is 7.55. The molecule has 26 heavy (non-hydrogen) atoms. The monoisotopic (exact) mass is 356 g/mol. The van der Waals surface area contributed by atoms with E-state index in [1.54, 1.807) is 30.3 Å². The molecule has 0 saturated heterocycles. The van der Waals surface area contributed by atoms with Crippen molar-refractivity contribution < 1.29 is 23.5 Å². The summed E-state index contributed by atoms with van der Waals surface area (Å²) in [6.45, 7) is 1.12. The number of carbonyl (C=O) groups excluding carboxylic acids is 3. The summed E-state index contributed by atoms with van der Waals surface area (Å²) in [5.74, 6) is -1.27. The second-order valence-electron chi connectivity index (χ2n) is 5.13. The fraction of sp³-hybridized carbons (Fsp3) is 0.176. The zero-order chi connectivity index (χ0) is 18.9. The Hall–Kier alpha value is -3.80. The lowest BCUT2D eigenvalue weighted by molar-refractivity contribution is -0.130. The first-order valence-corrected chi connectivity index (χ1v) is 7.55. The van der Waals surface area contributed by atoms with Crippen LogP contribution in [0.3, 0.4) is 0 Å². The van der Waals surface area contributed by atoms with Crippen LogP contribution >= 0.6 is 0 Å². The minimum absolute atomic E-state index is 0.0736. The van der Waals surface area contributed by atoms with Gasteiger partial charge in [-0.15, -0.1) is 0 Å². The van der Waals surface area contributed by atoms with E-state index in [-0.39, 0.29) is 12.4 Å². The van der Waals surface area contributed by atoms with Crippen LogP contribution in [0, 0.1) is 11.3 Å². The van der Waals surface area contributed by atoms with Crippen LogP contribution in [-0.2, 0) is 9.59 Å². The lowest BCUT2D eigenvalue weighted by atomic mass is 10.2. The number of hydrogen-bond acceptors (Lipinski definition) is 6. The summed E-state index contributed by atoms with van der Waals surface area (Å²) in [6, 6.07) is 10.3. The van der Waals surface area contributed by atoms with E-state index in [2.05, 4.69) is 16.2 Å². The van der Waals surface area contributed by atoms with Crippen LogP contribution in [0.1, 0.15) is 23.0 Å². The van der Waals surface area contributed by atoms with Crippen molar-refractivity contribution in [2.75, 3.05) is 6.61 Å². The van der Waals surface area contributed by atoms with Gasteiger partial charge in [0.05, 0.1) is 17.9 Å². The fourth-order valence-electron chi connectivity index (χ4n) is 1.79. The maximum Gasteiger partial charge on any atom is 0.287 e. The molecule has 1 heterocycles. The van der Waals surface area contributed by atoms with E-state index in [9.17, 15) is 14.4 Å². The molecular weight excluding hydrogens is 340 g/mol. The van der Waals surface area contributed by atoms with Crippen LogP contribution in [0.2, 0.25) is 0 Å². The smallest absolute Gasteiger partial charge is 0.287 e. The molecule has 0 saturated carbocycles. The van der Waals surface area contributed by atoms with Crippen molar-refractivity contribution in [3.8, 4) is 11.8 Å². The molecular formula is C17H16N4O5. The van der Waals surface area contributed by atoms with Crippen LogP contribution in [-0.4, -0.2) is 30.4 Å². The van der Waals surface area contributed by atoms with Crippen molar-refractivity contribution in [3.05, 3.63) is 54.0 Å². The zero-order valence-corrected chi connectivity index (χ0v) is 13.8. The standard InChI is InChI=1S/C17H16N4O5/c1-11(19-17(24)14-3-2-8-25-14)16(23)21-20-15(22)10-26-13-6-4-12(9-18)5-7-13/h2-8,11H,10H2,1H3,(H,19,24)(H,20,22)(H,21,23). The molecule has 0 aliphatic carbocycles. The van der Waals surface area contributed by atoms with Crippen LogP contribution in [0.4, 0.5) is 0 Å². The zero-order valence-electron chi connectivity index (χ0n) is 13.8. The fourth-order valence-corrected chi connectivity index (χ4v) is 1.79. The molecule has 1 unspecified atom stereocenters. The molecule has 1 atom stereocenters. The Bertz CT molecular complexity index is 809. The third kappa shape index (κ3) is 5.38. The van der Waals surface area contributed by atoms with E-state index in [1.165, 1.54) is 19.3 Å². The largest absolute Gasteiger partial charge is 0.484 e. The van der Waals surface area contributed by atoms with Crippen molar-refractivity contribution >= 4 is 17.7 Å². The average molecular weight is 356 g/mol. The molecule has 3 amide bonds. The first-order chi connectivity index (χ1) is 12.5. The minimum Gasteiger partial charge on any atom is -0.484 e. The Morgan fingerprint density at radius 2 is 1.92 bits per heavy atom. The Labute approximate surface area is 148 Å². The van der Waals surface area contributed by atoms with Crippen molar-refractivity contribution in [1.82, 2.24) is 16.2 Å². The molecule has 0 bridgehead atoms. The highest BCUT2D eigenvalue weighted by molar-refractivity contribution is 5.95. The van der Waals surface area contributed by atoms with Gasteiger partial charge in [-0.1, -0.05) is 0 Å². The molecule has 1 aromatic carbocycles. The summed E-state index contributed by atoms with van der Waals surface area (Å²) in [7, 11) is 0. The van der Waals surface area contributed by atoms with Gasteiger partial charge in [0.25, 0.3) is 17.7 Å². The van der Waals surface area contributed by atoms with Gasteiger partial charge in [0.2, 0.25) is 0 Å². The summed E-state index contributed by atoms with van der Waals surface area (Å²) >= 11 is 0. The van der Waals surface area contributed by atoms with Gasteiger partial charge in [0.1, 0.15) is 11.8 Å². The number of rotatable bonds is 6. The number of furan rings is 1. The van der Waals surface area contributed by atoms with Crippen molar-refractivity contribution in [2.45, 2.75) is 13.0 Å². The van der Waals surface area contributed by atoms with Crippen LogP contribution in [0.5, 0.6) is 5.75 Å². The van der Waals surface area contributed by atoms with E-state index in [0.29, 0.717) is 11.3 Å². The molecule has 9 heteroatoms. The highest BCUT2D eigenvalue weighted by Gasteiger charge is 2.18. The summed E-state index contributed by atoms with van der Waals surface area (Å²) < 4.78 is 10.1. The lowest BCUT2D eigenvalue weighted by Gasteiger charge is -2.14. The van der Waals surface area contributed by atoms with Gasteiger partial charge in [-0.3, -0.25) is 25.2 Å². The number of ether oxygens (including phenoxy) is 1. The molecule has 134 valence electrons. The Morgan fingerprint density at radius 1 is 1.19 bits per heavy atom. The Morgan fingerprint density at radius 3 is 2.54 bits per heavy atom. The van der Waals surface area contributed by atoms with Gasteiger partial charge in [-0.2, -0.15) is 5.26 Å². The quantitative estimate of drug-likeness (QED) is 0.645. The molecule has 0 fully saturated rings. The van der Waals surface area contributed by atoms with Crippen LogP contribution < -0.4 is 20.9 Å². The third-order valence-electron chi connectivity index (χ3n) is 3.16. The van der Waals surface area contributed by atoms with Crippen molar-refractivity contribution in [1.29, 1.82) is 5.26 Å². The predicted molar refractivity (Wildman–Crippen MR) is 88.6 cm³/mol. The number of nitriles is 1. The average Bonchev–Trinajstić information content (AvgIpc) is 3.19. The maximum absolute atomic E-state index is 11.9. The van der Waals surface area contributed by atoms with E-state index in [0.717, 1.165) is 0 Å². The molecule has 2 aromatic rings. The first kappa shape index (κ1) is 18.5. The summed E-state index contributed by atoms with van der Waals surface area (Å²) in [6.07, 6.45) is 1.34. The Balaban J connectivity index is 1.71. The molecule has 9 nitrogen and oxygen atoms in total. The van der Waals surface area contributed by atoms with Gasteiger partial charge in [-0.05, 0) is 43.3 Å². The summed E-state index contributed by atoms with van der Waals surface area (Å²) in [4.78, 5) is 35.3. The summed E-state index contributed by atoms with van der Waals surface area (Å²) in [5.41, 5.74) is 4.83. The predicted octanol–water partition coefficient (Wildman–Crippen LogP) is 0.496. The molecule has 1 aromatic heterocycles. The highest BCUT2D eigenvalue weighted by atomic mass is 16.5. The number of amides is 3. The molecule has 3 N–H and O–H groups in total. The van der Waals surface area contributed by atoms with E-state index >= 15 is 0 Å². The van der Waals surface area contributed by atoms with Crippen molar-refractivity contribution in [3.63, 3.8) is 0 Å². The second-order valence-corrected chi connectivity index (χ2v) is 5.13. The van der Waals surface area contributed by atoms with Gasteiger partial charge < -0.3 is 14.5 Å². The minimum atomic E-state index is -0.896. The molecule has 0 aliphatic heterocycles. The highest BCUT2D eigenvalue weighted by Crippen LogP contribution is 2.11. The van der Waals surface area contributed by atoms with E-state index in [1.807, 2.05) is 6.07 Å². The number of nitrogens with zero attached hydrogens (tertiary/aromatic N) is 1. The number of nitrogens with one attached hydrogen (secondary N) is 3. The number of hydrogen-bond donors (Lipinski definition) is 3.